The summed E-state index contributed by atoms with van der Waals surface area (Å²) in [7, 11) is 1.76. The van der Waals surface area contributed by atoms with E-state index in [1.807, 2.05) is 0 Å². The zero-order valence-electron chi connectivity index (χ0n) is 10.2. The second kappa shape index (κ2) is 7.24. The van der Waals surface area contributed by atoms with Crippen LogP contribution < -0.4 is 0 Å². The Balaban J connectivity index is 2.28. The minimum atomic E-state index is -0.0382. The van der Waals surface area contributed by atoms with Crippen LogP contribution in [0.25, 0.3) is 0 Å². The molecule has 1 saturated carbocycles. The van der Waals surface area contributed by atoms with Gasteiger partial charge in [-0.3, -0.25) is 0 Å². The van der Waals surface area contributed by atoms with E-state index in [1.54, 1.807) is 7.11 Å². The predicted octanol–water partition coefficient (Wildman–Crippen LogP) is 2.99. The first-order valence-corrected chi connectivity index (χ1v) is 6.46. The van der Waals surface area contributed by atoms with Crippen LogP contribution in [-0.4, -0.2) is 24.9 Å². The molecule has 1 N–H and O–H groups in total. The van der Waals surface area contributed by atoms with E-state index in [-0.39, 0.29) is 6.10 Å². The lowest BCUT2D eigenvalue weighted by molar-refractivity contribution is 0.0968. The van der Waals surface area contributed by atoms with Gasteiger partial charge >= 0.3 is 0 Å². The summed E-state index contributed by atoms with van der Waals surface area (Å²) in [5.41, 5.74) is 0. The number of methoxy groups -OCH3 is 1. The molecule has 2 heteroatoms. The van der Waals surface area contributed by atoms with Crippen molar-refractivity contribution in [2.24, 2.45) is 11.8 Å². The summed E-state index contributed by atoms with van der Waals surface area (Å²) in [5, 5.41) is 9.92. The zero-order valence-corrected chi connectivity index (χ0v) is 10.2. The third-order valence-electron chi connectivity index (χ3n) is 3.77. The molecule has 1 aliphatic rings. The second-order valence-electron chi connectivity index (χ2n) is 4.85. The molecule has 0 heterocycles. The van der Waals surface area contributed by atoms with Gasteiger partial charge in [0.1, 0.15) is 0 Å². The Morgan fingerprint density at radius 3 is 2.67 bits per heavy atom. The van der Waals surface area contributed by atoms with Crippen LogP contribution in [0.1, 0.15) is 51.9 Å². The maximum atomic E-state index is 9.92. The fourth-order valence-electron chi connectivity index (χ4n) is 2.81. The van der Waals surface area contributed by atoms with E-state index < -0.39 is 0 Å². The van der Waals surface area contributed by atoms with Gasteiger partial charge in [0.05, 0.1) is 6.10 Å². The number of hydrogen-bond donors (Lipinski definition) is 1. The smallest absolute Gasteiger partial charge is 0.0571 e. The van der Waals surface area contributed by atoms with Crippen molar-refractivity contribution < 1.29 is 9.84 Å². The van der Waals surface area contributed by atoms with Crippen LogP contribution in [0.4, 0.5) is 0 Å². The summed E-state index contributed by atoms with van der Waals surface area (Å²) in [4.78, 5) is 0. The molecule has 0 aliphatic heterocycles. The van der Waals surface area contributed by atoms with E-state index in [0.29, 0.717) is 11.8 Å². The Morgan fingerprint density at radius 2 is 2.00 bits per heavy atom. The minimum Gasteiger partial charge on any atom is -0.393 e. The molecular formula is C13H26O2. The van der Waals surface area contributed by atoms with E-state index in [1.165, 1.54) is 32.1 Å². The first kappa shape index (κ1) is 13.0. The molecule has 2 nitrogen and oxygen atoms in total. The topological polar surface area (TPSA) is 29.5 Å². The largest absolute Gasteiger partial charge is 0.393 e. The predicted molar refractivity (Wildman–Crippen MR) is 62.9 cm³/mol. The molecule has 0 aromatic rings. The molecular weight excluding hydrogens is 188 g/mol. The fraction of sp³-hybridized carbons (Fsp3) is 1.00. The Bertz CT molecular complexity index is 159. The fourth-order valence-corrected chi connectivity index (χ4v) is 2.81. The Kier molecular flexibility index (Phi) is 6.26. The number of aliphatic hydroxyl groups excluding tert-OH is 1. The standard InChI is InChI=1S/C13H26O2/c1-3-4-5-6-12-11(9-10-15-2)7-8-13(12)14/h11-14H,3-10H2,1-2H3. The van der Waals surface area contributed by atoms with E-state index in [0.717, 1.165) is 19.4 Å². The molecule has 0 amide bonds. The monoisotopic (exact) mass is 214 g/mol. The SMILES string of the molecule is CCCCCC1C(O)CCC1CCOC. The van der Waals surface area contributed by atoms with Crippen LogP contribution in [0.15, 0.2) is 0 Å². The van der Waals surface area contributed by atoms with Gasteiger partial charge in [-0.25, -0.2) is 0 Å². The van der Waals surface area contributed by atoms with Gasteiger partial charge in [-0.1, -0.05) is 26.2 Å². The van der Waals surface area contributed by atoms with E-state index in [4.69, 9.17) is 4.74 Å². The maximum Gasteiger partial charge on any atom is 0.0571 e. The maximum absolute atomic E-state index is 9.92. The van der Waals surface area contributed by atoms with Crippen LogP contribution in [0, 0.1) is 11.8 Å². The van der Waals surface area contributed by atoms with Gasteiger partial charge in [0, 0.05) is 13.7 Å². The highest BCUT2D eigenvalue weighted by atomic mass is 16.5. The molecule has 1 aliphatic carbocycles. The van der Waals surface area contributed by atoms with Gasteiger partial charge in [-0.2, -0.15) is 0 Å². The van der Waals surface area contributed by atoms with Crippen LogP contribution >= 0.6 is 0 Å². The second-order valence-corrected chi connectivity index (χ2v) is 4.85. The quantitative estimate of drug-likeness (QED) is 0.660. The van der Waals surface area contributed by atoms with Gasteiger partial charge in [0.25, 0.3) is 0 Å². The van der Waals surface area contributed by atoms with Crippen molar-refractivity contribution in [2.45, 2.75) is 58.0 Å². The number of rotatable bonds is 7. The summed E-state index contributed by atoms with van der Waals surface area (Å²) < 4.78 is 5.13. The molecule has 0 aromatic heterocycles. The summed E-state index contributed by atoms with van der Waals surface area (Å²) in [5.74, 6) is 1.25. The molecule has 3 unspecified atom stereocenters. The van der Waals surface area contributed by atoms with Crippen molar-refractivity contribution in [3.63, 3.8) is 0 Å². The van der Waals surface area contributed by atoms with Crippen molar-refractivity contribution in [1.82, 2.24) is 0 Å². The van der Waals surface area contributed by atoms with Gasteiger partial charge < -0.3 is 9.84 Å². The molecule has 0 spiro atoms. The van der Waals surface area contributed by atoms with Gasteiger partial charge in [-0.05, 0) is 37.5 Å². The van der Waals surface area contributed by atoms with Gasteiger partial charge in [0.15, 0.2) is 0 Å². The normalized spacial score (nSPS) is 31.0. The number of ether oxygens (including phenoxy) is 1. The molecule has 0 bridgehead atoms. The highest BCUT2D eigenvalue weighted by molar-refractivity contribution is 4.84. The van der Waals surface area contributed by atoms with Crippen molar-refractivity contribution in [2.75, 3.05) is 13.7 Å². The molecule has 0 aromatic carbocycles. The molecule has 3 atom stereocenters. The summed E-state index contributed by atoms with van der Waals surface area (Å²) in [6.45, 7) is 3.08. The average molecular weight is 214 g/mol. The third kappa shape index (κ3) is 4.12. The summed E-state index contributed by atoms with van der Waals surface area (Å²) in [6, 6.07) is 0. The van der Waals surface area contributed by atoms with Crippen molar-refractivity contribution in [3.05, 3.63) is 0 Å². The Hall–Kier alpha value is -0.0800. The Labute approximate surface area is 94.0 Å². The molecule has 15 heavy (non-hydrogen) atoms. The molecule has 0 radical (unpaired) electrons. The molecule has 90 valence electrons. The molecule has 0 saturated heterocycles. The third-order valence-corrected chi connectivity index (χ3v) is 3.77. The van der Waals surface area contributed by atoms with Crippen LogP contribution in [0.5, 0.6) is 0 Å². The first-order chi connectivity index (χ1) is 7.29. The lowest BCUT2D eigenvalue weighted by Crippen LogP contribution is -2.20. The van der Waals surface area contributed by atoms with Crippen LogP contribution in [0.3, 0.4) is 0 Å². The number of unbranched alkanes of at least 4 members (excludes halogenated alkanes) is 2. The van der Waals surface area contributed by atoms with Gasteiger partial charge in [0.2, 0.25) is 0 Å². The molecule has 1 rings (SSSR count). The highest BCUT2D eigenvalue weighted by Gasteiger charge is 2.33. The van der Waals surface area contributed by atoms with Crippen molar-refractivity contribution in [3.8, 4) is 0 Å². The number of hydrogen-bond acceptors (Lipinski definition) is 2. The van der Waals surface area contributed by atoms with Crippen molar-refractivity contribution >= 4 is 0 Å². The summed E-state index contributed by atoms with van der Waals surface area (Å²) >= 11 is 0. The van der Waals surface area contributed by atoms with Gasteiger partial charge in [-0.15, -0.1) is 0 Å². The van der Waals surface area contributed by atoms with E-state index >= 15 is 0 Å². The van der Waals surface area contributed by atoms with E-state index in [9.17, 15) is 5.11 Å². The Morgan fingerprint density at radius 1 is 1.20 bits per heavy atom. The van der Waals surface area contributed by atoms with E-state index in [2.05, 4.69) is 6.92 Å². The van der Waals surface area contributed by atoms with Crippen LogP contribution in [-0.2, 0) is 4.74 Å². The lowest BCUT2D eigenvalue weighted by Gasteiger charge is -2.21. The lowest BCUT2D eigenvalue weighted by atomic mass is 9.87. The number of aliphatic hydroxyl groups is 1. The minimum absolute atomic E-state index is 0.0382. The molecule has 1 fully saturated rings. The zero-order chi connectivity index (χ0) is 11.1. The van der Waals surface area contributed by atoms with Crippen LogP contribution in [0.2, 0.25) is 0 Å². The first-order valence-electron chi connectivity index (χ1n) is 6.46. The summed E-state index contributed by atoms with van der Waals surface area (Å²) in [6.07, 6.45) is 8.36. The average Bonchev–Trinajstić information content (AvgIpc) is 2.58. The highest BCUT2D eigenvalue weighted by Crippen LogP contribution is 2.37. The van der Waals surface area contributed by atoms with Crippen molar-refractivity contribution in [1.29, 1.82) is 0 Å².